The SMILES string of the molecule is C=C(C)C(=O)O[C@H]1C/C(CO)=C\CC[C@@]2(C)O[C@H]2[C@H]2OC(=O)C(=C)[C@@H]21. The zero-order chi connectivity index (χ0) is 18.4. The van der Waals surface area contributed by atoms with Crippen molar-refractivity contribution in [1.82, 2.24) is 0 Å². The average Bonchev–Trinajstić information content (AvgIpc) is 3.13. The van der Waals surface area contributed by atoms with Crippen molar-refractivity contribution in [3.05, 3.63) is 36.0 Å². The lowest BCUT2D eigenvalue weighted by Crippen LogP contribution is -2.38. The molecule has 0 bridgehead atoms. The summed E-state index contributed by atoms with van der Waals surface area (Å²) in [4.78, 5) is 24.2. The minimum absolute atomic E-state index is 0.138. The van der Waals surface area contributed by atoms with Gasteiger partial charge in [-0.2, -0.15) is 0 Å². The molecule has 3 rings (SSSR count). The van der Waals surface area contributed by atoms with Gasteiger partial charge in [0.05, 0.1) is 18.1 Å². The molecule has 5 atom stereocenters. The number of carbonyl (C=O) groups is 2. The van der Waals surface area contributed by atoms with Crippen molar-refractivity contribution in [2.45, 2.75) is 57.0 Å². The van der Waals surface area contributed by atoms with E-state index in [-0.39, 0.29) is 29.5 Å². The van der Waals surface area contributed by atoms with Crippen molar-refractivity contribution < 1.29 is 28.9 Å². The van der Waals surface area contributed by atoms with Gasteiger partial charge in [-0.1, -0.05) is 19.2 Å². The Morgan fingerprint density at radius 3 is 2.88 bits per heavy atom. The van der Waals surface area contributed by atoms with E-state index in [1.54, 1.807) is 6.92 Å². The van der Waals surface area contributed by atoms with Crippen LogP contribution in [0.15, 0.2) is 36.0 Å². The summed E-state index contributed by atoms with van der Waals surface area (Å²) >= 11 is 0. The third-order valence-electron chi connectivity index (χ3n) is 5.25. The Hall–Kier alpha value is -1.92. The highest BCUT2D eigenvalue weighted by Gasteiger charge is 2.63. The first-order chi connectivity index (χ1) is 11.8. The van der Waals surface area contributed by atoms with Crippen molar-refractivity contribution in [3.8, 4) is 0 Å². The number of aliphatic hydroxyl groups is 1. The van der Waals surface area contributed by atoms with Gasteiger partial charge in [-0.3, -0.25) is 0 Å². The Labute approximate surface area is 147 Å². The Morgan fingerprint density at radius 1 is 1.52 bits per heavy atom. The fourth-order valence-electron chi connectivity index (χ4n) is 3.68. The van der Waals surface area contributed by atoms with E-state index in [0.717, 1.165) is 18.4 Å². The summed E-state index contributed by atoms with van der Waals surface area (Å²) in [6.07, 6.45) is 2.32. The summed E-state index contributed by atoms with van der Waals surface area (Å²) in [5, 5.41) is 9.65. The zero-order valence-electron chi connectivity index (χ0n) is 14.6. The standard InChI is InChI=1S/C19H24O6/c1-10(2)17(21)23-13-8-12(9-20)6-5-7-19(4)16(25-19)15-14(13)11(3)18(22)24-15/h6,13-16,20H,1,3,5,7-9H2,2,4H3/b12-6+/t13-,14+,15-,16-,19+/m0/s1. The van der Waals surface area contributed by atoms with Crippen LogP contribution in [0.25, 0.3) is 0 Å². The van der Waals surface area contributed by atoms with Gasteiger partial charge in [0.2, 0.25) is 0 Å². The molecule has 0 spiro atoms. The molecule has 2 fully saturated rings. The molecule has 0 aromatic rings. The van der Waals surface area contributed by atoms with Gasteiger partial charge >= 0.3 is 11.9 Å². The maximum absolute atomic E-state index is 12.1. The molecule has 0 radical (unpaired) electrons. The normalized spacial score (nSPS) is 39.4. The van der Waals surface area contributed by atoms with Crippen molar-refractivity contribution in [3.63, 3.8) is 0 Å². The van der Waals surface area contributed by atoms with Crippen LogP contribution in [-0.2, 0) is 23.8 Å². The van der Waals surface area contributed by atoms with E-state index in [1.165, 1.54) is 0 Å². The molecule has 0 saturated carbocycles. The topological polar surface area (TPSA) is 85.4 Å². The molecule has 2 aliphatic heterocycles. The predicted octanol–water partition coefficient (Wildman–Crippen LogP) is 1.83. The number of esters is 2. The Balaban J connectivity index is 1.96. The summed E-state index contributed by atoms with van der Waals surface area (Å²) in [6, 6.07) is 0. The third-order valence-corrected chi connectivity index (χ3v) is 5.25. The van der Waals surface area contributed by atoms with Crippen molar-refractivity contribution >= 4 is 11.9 Å². The van der Waals surface area contributed by atoms with Crippen molar-refractivity contribution in [1.29, 1.82) is 0 Å². The van der Waals surface area contributed by atoms with E-state index in [4.69, 9.17) is 14.2 Å². The van der Waals surface area contributed by atoms with Gasteiger partial charge in [-0.15, -0.1) is 0 Å². The second kappa shape index (κ2) is 6.42. The lowest BCUT2D eigenvalue weighted by Gasteiger charge is -2.28. The molecule has 1 N–H and O–H groups in total. The van der Waals surface area contributed by atoms with Crippen LogP contribution < -0.4 is 0 Å². The monoisotopic (exact) mass is 348 g/mol. The molecular weight excluding hydrogens is 324 g/mol. The number of allylic oxidation sites excluding steroid dienone is 1. The molecule has 0 aromatic heterocycles. The number of fused-ring (bicyclic) bond motifs is 3. The number of hydrogen-bond acceptors (Lipinski definition) is 6. The third kappa shape index (κ3) is 3.28. The van der Waals surface area contributed by atoms with E-state index >= 15 is 0 Å². The second-order valence-corrected chi connectivity index (χ2v) is 7.26. The van der Waals surface area contributed by atoms with Gasteiger partial charge in [-0.25, -0.2) is 9.59 Å². The second-order valence-electron chi connectivity index (χ2n) is 7.26. The first-order valence-corrected chi connectivity index (χ1v) is 8.49. The maximum atomic E-state index is 12.1. The quantitative estimate of drug-likeness (QED) is 0.362. The fourth-order valence-corrected chi connectivity index (χ4v) is 3.68. The molecule has 25 heavy (non-hydrogen) atoms. The van der Waals surface area contributed by atoms with Crippen molar-refractivity contribution in [2.24, 2.45) is 5.92 Å². The molecular formula is C19H24O6. The van der Waals surface area contributed by atoms with E-state index in [1.807, 2.05) is 13.0 Å². The van der Waals surface area contributed by atoms with Gasteiger partial charge in [0.1, 0.15) is 18.3 Å². The Kier molecular flexibility index (Phi) is 4.60. The lowest BCUT2D eigenvalue weighted by molar-refractivity contribution is -0.148. The molecule has 3 aliphatic rings. The van der Waals surface area contributed by atoms with Crippen LogP contribution in [0.2, 0.25) is 0 Å². The first kappa shape index (κ1) is 17.9. The fraction of sp³-hybridized carbons (Fsp3) is 0.579. The number of epoxide rings is 1. The molecule has 0 aromatic carbocycles. The van der Waals surface area contributed by atoms with Crippen LogP contribution in [0.1, 0.15) is 33.1 Å². The van der Waals surface area contributed by atoms with Gasteiger partial charge in [0, 0.05) is 17.6 Å². The molecule has 2 saturated heterocycles. The Morgan fingerprint density at radius 2 is 2.24 bits per heavy atom. The van der Waals surface area contributed by atoms with Crippen LogP contribution in [0.4, 0.5) is 0 Å². The predicted molar refractivity (Wildman–Crippen MR) is 89.5 cm³/mol. The van der Waals surface area contributed by atoms with Gasteiger partial charge in [-0.05, 0) is 32.3 Å². The minimum atomic E-state index is -0.668. The molecule has 2 heterocycles. The highest BCUT2D eigenvalue weighted by Crippen LogP contribution is 2.50. The molecule has 0 amide bonds. The summed E-state index contributed by atoms with van der Waals surface area (Å²) < 4.78 is 17.0. The summed E-state index contributed by atoms with van der Waals surface area (Å²) in [6.45, 7) is 10.9. The summed E-state index contributed by atoms with van der Waals surface area (Å²) in [5.74, 6) is -1.53. The van der Waals surface area contributed by atoms with Crippen LogP contribution in [0.3, 0.4) is 0 Å². The molecule has 6 nitrogen and oxygen atoms in total. The number of aliphatic hydroxyl groups excluding tert-OH is 1. The van der Waals surface area contributed by atoms with Crippen LogP contribution in [-0.4, -0.2) is 47.6 Å². The van der Waals surface area contributed by atoms with Crippen LogP contribution in [0, 0.1) is 5.92 Å². The number of hydrogen-bond donors (Lipinski definition) is 1. The van der Waals surface area contributed by atoms with E-state index in [0.29, 0.717) is 6.42 Å². The number of rotatable bonds is 3. The van der Waals surface area contributed by atoms with Crippen LogP contribution in [0.5, 0.6) is 0 Å². The van der Waals surface area contributed by atoms with Crippen molar-refractivity contribution in [2.75, 3.05) is 6.61 Å². The Bertz CT molecular complexity index is 663. The highest BCUT2D eigenvalue weighted by atomic mass is 16.6. The highest BCUT2D eigenvalue weighted by molar-refractivity contribution is 5.91. The lowest BCUT2D eigenvalue weighted by atomic mass is 9.82. The first-order valence-electron chi connectivity index (χ1n) is 8.49. The summed E-state index contributed by atoms with van der Waals surface area (Å²) in [5.41, 5.74) is 0.922. The zero-order valence-corrected chi connectivity index (χ0v) is 14.6. The smallest absolute Gasteiger partial charge is 0.334 e. The minimum Gasteiger partial charge on any atom is -0.458 e. The average molecular weight is 348 g/mol. The molecule has 6 heteroatoms. The van der Waals surface area contributed by atoms with Crippen LogP contribution >= 0.6 is 0 Å². The van der Waals surface area contributed by atoms with E-state index in [2.05, 4.69) is 13.2 Å². The summed E-state index contributed by atoms with van der Waals surface area (Å²) in [7, 11) is 0. The van der Waals surface area contributed by atoms with E-state index < -0.39 is 30.1 Å². The van der Waals surface area contributed by atoms with E-state index in [9.17, 15) is 14.7 Å². The number of ether oxygens (including phenoxy) is 3. The van der Waals surface area contributed by atoms with Gasteiger partial charge in [0.25, 0.3) is 0 Å². The molecule has 1 aliphatic carbocycles. The van der Waals surface area contributed by atoms with Gasteiger partial charge < -0.3 is 19.3 Å². The maximum Gasteiger partial charge on any atom is 0.334 e. The molecule has 136 valence electrons. The van der Waals surface area contributed by atoms with Gasteiger partial charge in [0.15, 0.2) is 0 Å². The number of carbonyl (C=O) groups excluding carboxylic acids is 2. The molecule has 0 unspecified atom stereocenters. The largest absolute Gasteiger partial charge is 0.458 e.